The Balaban J connectivity index is 1.51. The lowest BCUT2D eigenvalue weighted by atomic mass is 9.87. The molecule has 3 aromatic carbocycles. The summed E-state index contributed by atoms with van der Waals surface area (Å²) in [7, 11) is 0. The number of ether oxygens (including phenoxy) is 2. The van der Waals surface area contributed by atoms with Crippen LogP contribution in [0.25, 0.3) is 0 Å². The van der Waals surface area contributed by atoms with E-state index in [2.05, 4.69) is 61.1 Å². The summed E-state index contributed by atoms with van der Waals surface area (Å²) in [5, 5.41) is 0. The summed E-state index contributed by atoms with van der Waals surface area (Å²) in [6.45, 7) is 6.77. The molecule has 190 valence electrons. The predicted octanol–water partition coefficient (Wildman–Crippen LogP) is 7.30. The Kier molecular flexibility index (Phi) is 7.40. The fraction of sp³-hybridized carbons (Fsp3) is 0.312. The Morgan fingerprint density at radius 2 is 1.81 bits per heavy atom. The first-order valence-corrected chi connectivity index (χ1v) is 13.1. The smallest absolute Gasteiger partial charge is 0.163 e. The van der Waals surface area contributed by atoms with E-state index in [0.29, 0.717) is 25.4 Å². The maximum atomic E-state index is 12.8. The van der Waals surface area contributed by atoms with Crippen LogP contribution in [0.5, 0.6) is 11.5 Å². The van der Waals surface area contributed by atoms with Crippen LogP contribution in [0.15, 0.2) is 73.1 Å². The van der Waals surface area contributed by atoms with E-state index in [4.69, 9.17) is 9.47 Å². The Labute approximate surface area is 218 Å². The van der Waals surface area contributed by atoms with Gasteiger partial charge in [0.1, 0.15) is 30.0 Å². The maximum Gasteiger partial charge on any atom is 0.163 e. The van der Waals surface area contributed by atoms with E-state index in [0.717, 1.165) is 58.0 Å². The van der Waals surface area contributed by atoms with Crippen molar-refractivity contribution in [3.63, 3.8) is 0 Å². The van der Waals surface area contributed by atoms with E-state index < -0.39 is 0 Å². The van der Waals surface area contributed by atoms with Gasteiger partial charge in [-0.25, -0.2) is 4.98 Å². The second-order valence-corrected chi connectivity index (χ2v) is 10.1. The van der Waals surface area contributed by atoms with Crippen LogP contribution in [0.1, 0.15) is 82.7 Å². The Morgan fingerprint density at radius 1 is 0.973 bits per heavy atom. The molecule has 0 amide bonds. The molecule has 1 N–H and O–H groups in total. The molecular formula is C32H34N2O3. The lowest BCUT2D eigenvalue weighted by Gasteiger charge is -2.25. The summed E-state index contributed by atoms with van der Waals surface area (Å²) >= 11 is 0. The largest absolute Gasteiger partial charge is 0.488 e. The standard InChI is InChI=1S/C32H34N2O3/c1-21(2)24-13-12-22(3)30(18-24)36-20-27-25-10-7-11-28(35)26(25)14-15-29(27)37-31(19-32-33-16-17-34-32)23-8-5-4-6-9-23/h4-6,8-9,12-18,21,31H,7,10-11,19-20H2,1-3H3,(H,33,34)/t31-/m0/s1. The van der Waals surface area contributed by atoms with Gasteiger partial charge in [0.05, 0.1) is 0 Å². The SMILES string of the molecule is Cc1ccc(C(C)C)cc1OCc1c(O[C@@H](Cc2ncc[nH]2)c2ccccc2)ccc2c1CCCC2=O. The highest BCUT2D eigenvalue weighted by Crippen LogP contribution is 2.36. The van der Waals surface area contributed by atoms with Crippen molar-refractivity contribution >= 4 is 5.78 Å². The molecule has 5 heteroatoms. The van der Waals surface area contributed by atoms with Crippen molar-refractivity contribution < 1.29 is 14.3 Å². The van der Waals surface area contributed by atoms with Gasteiger partial charge in [-0.2, -0.15) is 0 Å². The third-order valence-electron chi connectivity index (χ3n) is 7.14. The minimum absolute atomic E-state index is 0.197. The lowest BCUT2D eigenvalue weighted by molar-refractivity contribution is 0.0971. The molecule has 0 aliphatic heterocycles. The molecule has 0 spiro atoms. The monoisotopic (exact) mass is 494 g/mol. The summed E-state index contributed by atoms with van der Waals surface area (Å²) in [5.41, 5.74) is 6.21. The van der Waals surface area contributed by atoms with E-state index in [1.807, 2.05) is 36.5 Å². The number of carbonyl (C=O) groups excluding carboxylic acids is 1. The van der Waals surface area contributed by atoms with E-state index in [-0.39, 0.29) is 11.9 Å². The second-order valence-electron chi connectivity index (χ2n) is 10.1. The number of nitrogens with zero attached hydrogens (tertiary/aromatic N) is 1. The molecule has 1 aliphatic carbocycles. The Morgan fingerprint density at radius 3 is 2.57 bits per heavy atom. The number of aromatic amines is 1. The summed E-state index contributed by atoms with van der Waals surface area (Å²) in [6.07, 6.45) is 6.23. The third-order valence-corrected chi connectivity index (χ3v) is 7.14. The first-order chi connectivity index (χ1) is 18.0. The summed E-state index contributed by atoms with van der Waals surface area (Å²) < 4.78 is 13.2. The third kappa shape index (κ3) is 5.61. The highest BCUT2D eigenvalue weighted by atomic mass is 16.5. The van der Waals surface area contributed by atoms with Crippen LogP contribution in [-0.2, 0) is 19.4 Å². The van der Waals surface area contributed by atoms with Crippen LogP contribution in [0.2, 0.25) is 0 Å². The molecule has 0 bridgehead atoms. The fourth-order valence-electron chi connectivity index (χ4n) is 4.96. The van der Waals surface area contributed by atoms with Gasteiger partial charge >= 0.3 is 0 Å². The fourth-order valence-corrected chi connectivity index (χ4v) is 4.96. The van der Waals surface area contributed by atoms with Gasteiger partial charge in [-0.3, -0.25) is 4.79 Å². The lowest BCUT2D eigenvalue weighted by Crippen LogP contribution is -2.18. The highest BCUT2D eigenvalue weighted by molar-refractivity contribution is 5.99. The topological polar surface area (TPSA) is 64.2 Å². The second kappa shape index (κ2) is 11.0. The number of imidazole rings is 1. The number of ketones is 1. The number of nitrogens with one attached hydrogen (secondary N) is 1. The first kappa shape index (κ1) is 24.8. The number of rotatable bonds is 9. The maximum absolute atomic E-state index is 12.8. The zero-order chi connectivity index (χ0) is 25.8. The molecule has 1 aromatic heterocycles. The van der Waals surface area contributed by atoms with Gasteiger partial charge in [0.2, 0.25) is 0 Å². The number of carbonyl (C=O) groups is 1. The van der Waals surface area contributed by atoms with Crippen molar-refractivity contribution in [1.29, 1.82) is 0 Å². The van der Waals surface area contributed by atoms with Crippen LogP contribution in [0.3, 0.4) is 0 Å². The normalized spacial score (nSPS) is 13.9. The molecule has 1 aliphatic rings. The van der Waals surface area contributed by atoms with Crippen molar-refractivity contribution in [2.75, 3.05) is 0 Å². The minimum Gasteiger partial charge on any atom is -0.488 e. The van der Waals surface area contributed by atoms with E-state index >= 15 is 0 Å². The molecule has 0 fully saturated rings. The molecule has 1 heterocycles. The number of H-pyrrole nitrogens is 1. The summed E-state index contributed by atoms with van der Waals surface area (Å²) in [6, 6.07) is 20.5. The molecule has 1 atom stereocenters. The van der Waals surface area contributed by atoms with Gasteiger partial charge in [0.15, 0.2) is 5.78 Å². The van der Waals surface area contributed by atoms with E-state index in [9.17, 15) is 4.79 Å². The molecule has 37 heavy (non-hydrogen) atoms. The zero-order valence-corrected chi connectivity index (χ0v) is 21.8. The molecule has 0 saturated heterocycles. The van der Waals surface area contributed by atoms with Gasteiger partial charge < -0.3 is 14.5 Å². The number of Topliss-reactive ketones (excluding diaryl/α,β-unsaturated/α-hetero) is 1. The first-order valence-electron chi connectivity index (χ1n) is 13.1. The van der Waals surface area contributed by atoms with Crippen molar-refractivity contribution in [3.8, 4) is 11.5 Å². The van der Waals surface area contributed by atoms with Crippen molar-refractivity contribution in [3.05, 3.63) is 112 Å². The molecular weight excluding hydrogens is 460 g/mol. The van der Waals surface area contributed by atoms with Crippen molar-refractivity contribution in [2.45, 2.75) is 65.1 Å². The van der Waals surface area contributed by atoms with Gasteiger partial charge in [0, 0.05) is 36.4 Å². The van der Waals surface area contributed by atoms with Crippen molar-refractivity contribution in [2.24, 2.45) is 0 Å². The molecule has 0 radical (unpaired) electrons. The van der Waals surface area contributed by atoms with E-state index in [1.54, 1.807) is 6.20 Å². The van der Waals surface area contributed by atoms with Crippen LogP contribution in [0.4, 0.5) is 0 Å². The van der Waals surface area contributed by atoms with Crippen molar-refractivity contribution in [1.82, 2.24) is 9.97 Å². The van der Waals surface area contributed by atoms with Crippen LogP contribution < -0.4 is 9.47 Å². The van der Waals surface area contributed by atoms with Crippen LogP contribution >= 0.6 is 0 Å². The Bertz CT molecular complexity index is 1360. The summed E-state index contributed by atoms with van der Waals surface area (Å²) in [5.74, 6) is 3.10. The summed E-state index contributed by atoms with van der Waals surface area (Å²) in [4.78, 5) is 20.4. The highest BCUT2D eigenvalue weighted by Gasteiger charge is 2.25. The number of fused-ring (bicyclic) bond motifs is 1. The minimum atomic E-state index is -0.241. The molecule has 5 rings (SSSR count). The molecule has 0 unspecified atom stereocenters. The average Bonchev–Trinajstić information content (AvgIpc) is 3.42. The van der Waals surface area contributed by atoms with Gasteiger partial charge in [-0.1, -0.05) is 56.3 Å². The molecule has 0 saturated carbocycles. The quantitative estimate of drug-likeness (QED) is 0.265. The Hall–Kier alpha value is -3.86. The van der Waals surface area contributed by atoms with Crippen LogP contribution in [0, 0.1) is 6.92 Å². The average molecular weight is 495 g/mol. The number of hydrogen-bond donors (Lipinski definition) is 1. The number of hydrogen-bond acceptors (Lipinski definition) is 4. The van der Waals surface area contributed by atoms with Gasteiger partial charge in [0.25, 0.3) is 0 Å². The predicted molar refractivity (Wildman–Crippen MR) is 145 cm³/mol. The zero-order valence-electron chi connectivity index (χ0n) is 21.8. The number of aryl methyl sites for hydroxylation is 1. The molecule has 4 aromatic rings. The molecule has 5 nitrogen and oxygen atoms in total. The van der Waals surface area contributed by atoms with Gasteiger partial charge in [-0.05, 0) is 66.1 Å². The van der Waals surface area contributed by atoms with E-state index in [1.165, 1.54) is 5.56 Å². The number of aromatic nitrogens is 2. The van der Waals surface area contributed by atoms with Crippen LogP contribution in [-0.4, -0.2) is 15.8 Å². The number of benzene rings is 3. The van der Waals surface area contributed by atoms with Gasteiger partial charge in [-0.15, -0.1) is 0 Å².